The molecule has 2 heterocycles. The molecule has 0 atom stereocenters. The predicted octanol–water partition coefficient (Wildman–Crippen LogP) is 7.27. The number of halogens is 2. The van der Waals surface area contributed by atoms with Gasteiger partial charge in [0.1, 0.15) is 0 Å². The first-order valence-corrected chi connectivity index (χ1v) is 14.3. The zero-order valence-corrected chi connectivity index (χ0v) is 23.6. The van der Waals surface area contributed by atoms with Crippen molar-refractivity contribution >= 4 is 11.7 Å². The number of aromatic carboxylic acids is 1. The first-order valence-electron chi connectivity index (χ1n) is 14.3. The van der Waals surface area contributed by atoms with Crippen LogP contribution in [0.5, 0.6) is 5.75 Å². The average Bonchev–Trinajstić information content (AvgIpc) is 3.64. The van der Waals surface area contributed by atoms with Gasteiger partial charge in [0.15, 0.2) is 11.4 Å². The van der Waals surface area contributed by atoms with Crippen molar-refractivity contribution < 1.29 is 23.4 Å². The van der Waals surface area contributed by atoms with Crippen LogP contribution in [0.2, 0.25) is 0 Å². The quantitative estimate of drug-likeness (QED) is 0.229. The Morgan fingerprint density at radius 2 is 1.65 bits per heavy atom. The summed E-state index contributed by atoms with van der Waals surface area (Å²) in [5.41, 5.74) is 0.286. The summed E-state index contributed by atoms with van der Waals surface area (Å²) < 4.78 is 31.2. The molecule has 0 spiro atoms. The first-order chi connectivity index (χ1) is 17.5. The van der Waals surface area contributed by atoms with Crippen molar-refractivity contribution in [2.45, 2.75) is 117 Å². The second-order valence-electron chi connectivity index (χ2n) is 11.2. The number of nitrogens with zero attached hydrogens (tertiary/aromatic N) is 3. The van der Waals surface area contributed by atoms with Gasteiger partial charge < -0.3 is 14.7 Å². The van der Waals surface area contributed by atoms with E-state index in [9.17, 15) is 13.6 Å². The van der Waals surface area contributed by atoms with E-state index in [1.54, 1.807) is 0 Å². The average molecular weight is 526 g/mol. The lowest BCUT2D eigenvalue weighted by molar-refractivity contribution is -0.0263. The third-order valence-corrected chi connectivity index (χ3v) is 7.02. The standard InChI is InChI=1S/C16H35N.C13H14F2N2O3/c1-6-7-8-9-10-11-12-13-14-17(15(2)3)16(4)5;14-13(15)6-17(7-13)9-3-10(20-5-8-1-2-8)11(12(18)19)16-4-9/h15-16H,6-14H2,1-5H3;3-4,8H,1-2,5-7H2,(H,18,19). The maximum absolute atomic E-state index is 12.9. The van der Waals surface area contributed by atoms with Gasteiger partial charge in [-0.05, 0) is 59.4 Å². The van der Waals surface area contributed by atoms with Gasteiger partial charge >= 0.3 is 5.97 Å². The molecule has 6 nitrogen and oxygen atoms in total. The molecule has 8 heteroatoms. The number of carbonyl (C=O) groups is 1. The smallest absolute Gasteiger partial charge is 0.358 e. The molecule has 0 amide bonds. The molecule has 1 aliphatic heterocycles. The van der Waals surface area contributed by atoms with Gasteiger partial charge in [0, 0.05) is 18.2 Å². The number of carboxylic acid groups (broad SMARTS) is 1. The van der Waals surface area contributed by atoms with Gasteiger partial charge in [-0.25, -0.2) is 18.6 Å². The Hall–Kier alpha value is -1.96. The molecule has 212 valence electrons. The van der Waals surface area contributed by atoms with E-state index >= 15 is 0 Å². The van der Waals surface area contributed by atoms with Crippen LogP contribution in [0.4, 0.5) is 14.5 Å². The van der Waals surface area contributed by atoms with Gasteiger partial charge in [-0.2, -0.15) is 0 Å². The van der Waals surface area contributed by atoms with Gasteiger partial charge in [0.25, 0.3) is 5.92 Å². The molecule has 1 aromatic rings. The Kier molecular flexibility index (Phi) is 13.1. The summed E-state index contributed by atoms with van der Waals surface area (Å²) >= 11 is 0. The Balaban J connectivity index is 0.000000265. The summed E-state index contributed by atoms with van der Waals surface area (Å²) in [5, 5.41) is 9.05. The molecule has 1 aromatic heterocycles. The maximum Gasteiger partial charge on any atom is 0.358 e. The minimum Gasteiger partial charge on any atom is -0.491 e. The minimum absolute atomic E-state index is 0.150. The monoisotopic (exact) mass is 525 g/mol. The van der Waals surface area contributed by atoms with Crippen LogP contribution < -0.4 is 9.64 Å². The highest BCUT2D eigenvalue weighted by atomic mass is 19.3. The van der Waals surface area contributed by atoms with Crippen LogP contribution in [0.25, 0.3) is 0 Å². The molecule has 0 unspecified atom stereocenters. The SMILES string of the molecule is CCCCCCCCCCN(C(C)C)C(C)C.O=C(O)c1ncc(N2CC(F)(F)C2)cc1OCC1CC1. The minimum atomic E-state index is -2.68. The molecular weight excluding hydrogens is 476 g/mol. The van der Waals surface area contributed by atoms with Crippen LogP contribution in [-0.2, 0) is 0 Å². The van der Waals surface area contributed by atoms with Gasteiger partial charge in [-0.15, -0.1) is 0 Å². The predicted molar refractivity (Wildman–Crippen MR) is 146 cm³/mol. The van der Waals surface area contributed by atoms with E-state index in [0.717, 1.165) is 12.8 Å². The lowest BCUT2D eigenvalue weighted by Crippen LogP contribution is -2.56. The van der Waals surface area contributed by atoms with E-state index in [-0.39, 0.29) is 24.5 Å². The highest BCUT2D eigenvalue weighted by molar-refractivity contribution is 5.89. The fourth-order valence-electron chi connectivity index (χ4n) is 4.61. The lowest BCUT2D eigenvalue weighted by Gasteiger charge is -2.40. The van der Waals surface area contributed by atoms with Crippen LogP contribution in [-0.4, -0.2) is 65.2 Å². The Labute approximate surface area is 222 Å². The van der Waals surface area contributed by atoms with Gasteiger partial charge in [-0.3, -0.25) is 4.90 Å². The van der Waals surface area contributed by atoms with Crippen molar-refractivity contribution in [2.75, 3.05) is 31.1 Å². The van der Waals surface area contributed by atoms with E-state index in [2.05, 4.69) is 44.5 Å². The number of aromatic nitrogens is 1. The molecule has 0 bridgehead atoms. The molecular formula is C29H49F2N3O3. The highest BCUT2D eigenvalue weighted by Gasteiger charge is 2.44. The summed E-state index contributed by atoms with van der Waals surface area (Å²) in [6.45, 7) is 12.5. The van der Waals surface area contributed by atoms with Crippen molar-refractivity contribution in [3.05, 3.63) is 18.0 Å². The molecule has 1 aliphatic carbocycles. The van der Waals surface area contributed by atoms with Crippen LogP contribution >= 0.6 is 0 Å². The van der Waals surface area contributed by atoms with Crippen molar-refractivity contribution in [1.29, 1.82) is 0 Å². The molecule has 37 heavy (non-hydrogen) atoms. The first kappa shape index (κ1) is 31.3. The Morgan fingerprint density at radius 3 is 2.14 bits per heavy atom. The number of hydrogen-bond donors (Lipinski definition) is 1. The van der Waals surface area contributed by atoms with Crippen LogP contribution in [0.1, 0.15) is 109 Å². The van der Waals surface area contributed by atoms with Crippen molar-refractivity contribution in [3.8, 4) is 5.75 Å². The number of alkyl halides is 2. The third kappa shape index (κ3) is 11.5. The number of ether oxygens (including phenoxy) is 1. The fraction of sp³-hybridized carbons (Fsp3) is 0.793. The summed E-state index contributed by atoms with van der Waals surface area (Å²) in [6.07, 6.45) is 14.8. The van der Waals surface area contributed by atoms with Crippen molar-refractivity contribution in [2.24, 2.45) is 5.92 Å². The van der Waals surface area contributed by atoms with E-state index in [4.69, 9.17) is 9.84 Å². The van der Waals surface area contributed by atoms with E-state index in [1.807, 2.05) is 0 Å². The van der Waals surface area contributed by atoms with E-state index < -0.39 is 11.9 Å². The number of pyridine rings is 1. The molecule has 1 saturated carbocycles. The molecule has 2 aliphatic rings. The summed E-state index contributed by atoms with van der Waals surface area (Å²) in [4.78, 5) is 18.9. The Bertz CT molecular complexity index is 800. The second-order valence-corrected chi connectivity index (χ2v) is 11.2. The largest absolute Gasteiger partial charge is 0.491 e. The fourth-order valence-corrected chi connectivity index (χ4v) is 4.61. The molecule has 1 saturated heterocycles. The number of unbranched alkanes of at least 4 members (excludes halogenated alkanes) is 7. The molecule has 2 fully saturated rings. The summed E-state index contributed by atoms with van der Waals surface area (Å²) in [5.74, 6) is -3.25. The van der Waals surface area contributed by atoms with Crippen molar-refractivity contribution in [1.82, 2.24) is 9.88 Å². The molecule has 0 radical (unpaired) electrons. The van der Waals surface area contributed by atoms with Gasteiger partial charge in [0.2, 0.25) is 0 Å². The second kappa shape index (κ2) is 15.5. The van der Waals surface area contributed by atoms with Gasteiger partial charge in [-0.1, -0.05) is 51.9 Å². The maximum atomic E-state index is 12.9. The van der Waals surface area contributed by atoms with Crippen LogP contribution in [0, 0.1) is 5.92 Å². The van der Waals surface area contributed by atoms with Gasteiger partial charge in [0.05, 0.1) is 31.6 Å². The lowest BCUT2D eigenvalue weighted by atomic mass is 10.1. The third-order valence-electron chi connectivity index (χ3n) is 7.02. The molecule has 0 aromatic carbocycles. The highest BCUT2D eigenvalue weighted by Crippen LogP contribution is 2.35. The summed E-state index contributed by atoms with van der Waals surface area (Å²) in [6, 6.07) is 2.87. The Morgan fingerprint density at radius 1 is 1.08 bits per heavy atom. The zero-order valence-electron chi connectivity index (χ0n) is 23.6. The van der Waals surface area contributed by atoms with E-state index in [1.165, 1.54) is 75.1 Å². The van der Waals surface area contributed by atoms with Crippen LogP contribution in [0.3, 0.4) is 0 Å². The van der Waals surface area contributed by atoms with Crippen LogP contribution in [0.15, 0.2) is 12.3 Å². The topological polar surface area (TPSA) is 65.9 Å². The normalized spacial score (nSPS) is 16.5. The number of anilines is 1. The zero-order chi connectivity index (χ0) is 27.4. The number of carboxylic acids is 1. The number of hydrogen-bond acceptors (Lipinski definition) is 5. The van der Waals surface area contributed by atoms with E-state index in [0.29, 0.717) is 30.3 Å². The number of rotatable bonds is 16. The molecule has 1 N–H and O–H groups in total. The van der Waals surface area contributed by atoms with Crippen molar-refractivity contribution in [3.63, 3.8) is 0 Å². The summed E-state index contributed by atoms with van der Waals surface area (Å²) in [7, 11) is 0. The molecule has 3 rings (SSSR count).